The van der Waals surface area contributed by atoms with Gasteiger partial charge in [-0.3, -0.25) is 0 Å². The van der Waals surface area contributed by atoms with Crippen LogP contribution in [0.3, 0.4) is 0 Å². The molecule has 3 fully saturated rings. The smallest absolute Gasteiger partial charge is 0.388 e. The lowest BCUT2D eigenvalue weighted by Gasteiger charge is -2.37. The number of likely N-dealkylation sites (tertiary alicyclic amines) is 1. The standard InChI is InChI=1S/C28H36F3N5/c1-17(28(29,30)31)27-23-5-4-6-25(33-21-9-11-36(3)12-10-21)24(23)15-26(35-27)34-22-13-19(14-22)16-32-18(2)20-7-8-20/h4-6,15,19-22,32-33H,1-2,7-14,16H2,3H3,(H,34,35). The van der Waals surface area contributed by atoms with Gasteiger partial charge >= 0.3 is 6.18 Å². The fourth-order valence-corrected chi connectivity index (χ4v) is 5.29. The highest BCUT2D eigenvalue weighted by molar-refractivity contribution is 6.01. The molecule has 5 rings (SSSR count). The quantitative estimate of drug-likeness (QED) is 0.394. The Kier molecular flexibility index (Phi) is 6.90. The Morgan fingerprint density at radius 1 is 1.03 bits per heavy atom. The van der Waals surface area contributed by atoms with Crippen LogP contribution in [-0.4, -0.2) is 54.8 Å². The lowest BCUT2D eigenvalue weighted by atomic mass is 9.80. The number of nitrogens with zero attached hydrogens (tertiary/aromatic N) is 2. The molecule has 2 saturated carbocycles. The summed E-state index contributed by atoms with van der Waals surface area (Å²) in [6, 6.07) is 7.81. The molecule has 0 spiro atoms. The van der Waals surface area contributed by atoms with Gasteiger partial charge in [0.15, 0.2) is 0 Å². The number of pyridine rings is 1. The zero-order chi connectivity index (χ0) is 25.4. The van der Waals surface area contributed by atoms with Crippen molar-refractivity contribution >= 4 is 27.9 Å². The van der Waals surface area contributed by atoms with E-state index in [0.717, 1.165) is 62.1 Å². The normalized spacial score (nSPS) is 23.2. The zero-order valence-electron chi connectivity index (χ0n) is 20.9. The van der Waals surface area contributed by atoms with Gasteiger partial charge in [0.1, 0.15) is 5.82 Å². The van der Waals surface area contributed by atoms with E-state index in [1.54, 1.807) is 12.1 Å². The Bertz CT molecular complexity index is 1130. The fraction of sp³-hybridized carbons (Fsp3) is 0.536. The number of hydrogen-bond acceptors (Lipinski definition) is 5. The first-order valence-corrected chi connectivity index (χ1v) is 13.0. The van der Waals surface area contributed by atoms with E-state index < -0.39 is 11.7 Å². The van der Waals surface area contributed by atoms with Crippen LogP contribution in [0.15, 0.2) is 43.1 Å². The minimum atomic E-state index is -4.55. The summed E-state index contributed by atoms with van der Waals surface area (Å²) in [5.41, 5.74) is 0.968. The lowest BCUT2D eigenvalue weighted by Crippen LogP contribution is -2.40. The van der Waals surface area contributed by atoms with Crippen LogP contribution in [0.25, 0.3) is 16.3 Å². The number of allylic oxidation sites excluding steroid dienone is 2. The van der Waals surface area contributed by atoms with Gasteiger partial charge in [0.25, 0.3) is 0 Å². The third-order valence-corrected chi connectivity index (χ3v) is 7.86. The largest absolute Gasteiger partial charge is 0.417 e. The lowest BCUT2D eigenvalue weighted by molar-refractivity contribution is -0.0688. The molecule has 0 bridgehead atoms. The molecule has 3 aliphatic rings. The zero-order valence-corrected chi connectivity index (χ0v) is 20.9. The number of fused-ring (bicyclic) bond motifs is 1. The molecule has 2 aliphatic carbocycles. The minimum absolute atomic E-state index is 0.104. The van der Waals surface area contributed by atoms with E-state index in [1.807, 2.05) is 12.1 Å². The van der Waals surface area contributed by atoms with E-state index in [4.69, 9.17) is 0 Å². The van der Waals surface area contributed by atoms with Crippen LogP contribution in [0.2, 0.25) is 0 Å². The molecule has 1 aliphatic heterocycles. The Hall–Kier alpha value is -2.74. The number of rotatable bonds is 9. The van der Waals surface area contributed by atoms with Crippen molar-refractivity contribution in [3.05, 3.63) is 48.8 Å². The van der Waals surface area contributed by atoms with E-state index in [1.165, 1.54) is 12.8 Å². The van der Waals surface area contributed by atoms with E-state index in [2.05, 4.69) is 46.0 Å². The first-order chi connectivity index (χ1) is 17.2. The number of anilines is 2. The Balaban J connectivity index is 1.35. The van der Waals surface area contributed by atoms with Crippen LogP contribution in [0.5, 0.6) is 0 Å². The van der Waals surface area contributed by atoms with Gasteiger partial charge in [-0.25, -0.2) is 4.98 Å². The molecular formula is C28H36F3N5. The molecule has 194 valence electrons. The van der Waals surface area contributed by atoms with Gasteiger partial charge in [-0.15, -0.1) is 0 Å². The molecule has 1 aromatic carbocycles. The predicted octanol–water partition coefficient (Wildman–Crippen LogP) is 6.02. The SMILES string of the molecule is C=C(NCC1CC(Nc2cc3c(NC4CCN(C)CC4)cccc3c(C(=C)C(F)(F)F)n2)C1)C1CC1. The molecule has 0 amide bonds. The second kappa shape index (κ2) is 9.96. The molecule has 2 aromatic rings. The molecule has 0 unspecified atom stereocenters. The van der Waals surface area contributed by atoms with Crippen molar-refractivity contribution in [2.24, 2.45) is 11.8 Å². The van der Waals surface area contributed by atoms with Gasteiger partial charge in [-0.2, -0.15) is 13.2 Å². The maximum absolute atomic E-state index is 13.7. The number of alkyl halides is 3. The summed E-state index contributed by atoms with van der Waals surface area (Å²) in [5, 5.41) is 11.7. The molecule has 2 heterocycles. The third-order valence-electron chi connectivity index (χ3n) is 7.86. The van der Waals surface area contributed by atoms with Gasteiger partial charge in [-0.1, -0.05) is 25.3 Å². The van der Waals surface area contributed by atoms with Crippen molar-refractivity contribution in [3.63, 3.8) is 0 Å². The Morgan fingerprint density at radius 2 is 1.75 bits per heavy atom. The van der Waals surface area contributed by atoms with Crippen LogP contribution in [0.1, 0.15) is 44.2 Å². The van der Waals surface area contributed by atoms with E-state index >= 15 is 0 Å². The fourth-order valence-electron chi connectivity index (χ4n) is 5.29. The highest BCUT2D eigenvalue weighted by atomic mass is 19.4. The van der Waals surface area contributed by atoms with E-state index in [-0.39, 0.29) is 17.8 Å². The summed E-state index contributed by atoms with van der Waals surface area (Å²) in [4.78, 5) is 6.72. The van der Waals surface area contributed by atoms with Crippen molar-refractivity contribution in [3.8, 4) is 0 Å². The summed E-state index contributed by atoms with van der Waals surface area (Å²) < 4.78 is 41.1. The molecule has 1 saturated heterocycles. The molecule has 8 heteroatoms. The first kappa shape index (κ1) is 24.9. The number of aromatic nitrogens is 1. The highest BCUT2D eigenvalue weighted by Crippen LogP contribution is 2.39. The summed E-state index contributed by atoms with van der Waals surface area (Å²) in [7, 11) is 2.11. The van der Waals surface area contributed by atoms with Gasteiger partial charge in [0.05, 0.1) is 11.3 Å². The Labute approximate surface area is 211 Å². The molecule has 5 nitrogen and oxygen atoms in total. The average Bonchev–Trinajstić information content (AvgIpc) is 3.66. The van der Waals surface area contributed by atoms with Crippen LogP contribution in [0.4, 0.5) is 24.7 Å². The van der Waals surface area contributed by atoms with Gasteiger partial charge < -0.3 is 20.9 Å². The van der Waals surface area contributed by atoms with E-state index in [0.29, 0.717) is 23.0 Å². The molecule has 36 heavy (non-hydrogen) atoms. The maximum Gasteiger partial charge on any atom is 0.417 e. The van der Waals surface area contributed by atoms with Crippen molar-refractivity contribution < 1.29 is 13.2 Å². The average molecular weight is 500 g/mol. The molecular weight excluding hydrogens is 463 g/mol. The first-order valence-electron chi connectivity index (χ1n) is 13.0. The van der Waals surface area contributed by atoms with Gasteiger partial charge in [0, 0.05) is 40.8 Å². The molecule has 3 N–H and O–H groups in total. The van der Waals surface area contributed by atoms with E-state index in [9.17, 15) is 13.2 Å². The second-order valence-corrected chi connectivity index (χ2v) is 10.8. The van der Waals surface area contributed by atoms with Gasteiger partial charge in [0.2, 0.25) is 0 Å². The van der Waals surface area contributed by atoms with Crippen LogP contribution >= 0.6 is 0 Å². The van der Waals surface area contributed by atoms with Crippen LogP contribution in [0, 0.1) is 11.8 Å². The predicted molar refractivity (Wildman–Crippen MR) is 141 cm³/mol. The number of piperidine rings is 1. The molecule has 0 atom stereocenters. The topological polar surface area (TPSA) is 52.2 Å². The summed E-state index contributed by atoms with van der Waals surface area (Å²) in [6.45, 7) is 10.4. The van der Waals surface area contributed by atoms with Crippen LogP contribution < -0.4 is 16.0 Å². The third kappa shape index (κ3) is 5.64. The molecule has 0 radical (unpaired) electrons. The Morgan fingerprint density at radius 3 is 2.42 bits per heavy atom. The van der Waals surface area contributed by atoms with Crippen molar-refractivity contribution in [1.29, 1.82) is 0 Å². The van der Waals surface area contributed by atoms with Crippen molar-refractivity contribution in [2.75, 3.05) is 37.3 Å². The number of hydrogen-bond donors (Lipinski definition) is 3. The monoisotopic (exact) mass is 499 g/mol. The van der Waals surface area contributed by atoms with Gasteiger partial charge in [-0.05, 0) is 82.6 Å². The second-order valence-electron chi connectivity index (χ2n) is 10.8. The van der Waals surface area contributed by atoms with Crippen molar-refractivity contribution in [2.45, 2.75) is 56.8 Å². The summed E-state index contributed by atoms with van der Waals surface area (Å²) >= 11 is 0. The minimum Gasteiger partial charge on any atom is -0.388 e. The maximum atomic E-state index is 13.7. The summed E-state index contributed by atoms with van der Waals surface area (Å²) in [5.74, 6) is 1.64. The number of benzene rings is 1. The molecule has 1 aromatic heterocycles. The summed E-state index contributed by atoms with van der Waals surface area (Å²) in [6.07, 6.45) is 1.81. The van der Waals surface area contributed by atoms with Crippen LogP contribution in [-0.2, 0) is 0 Å². The highest BCUT2D eigenvalue weighted by Gasteiger charge is 2.36. The van der Waals surface area contributed by atoms with Crippen molar-refractivity contribution in [1.82, 2.24) is 15.2 Å². The number of nitrogens with one attached hydrogen (secondary N) is 3. The number of halogens is 3.